The Labute approximate surface area is 129 Å². The van der Waals surface area contributed by atoms with Crippen molar-refractivity contribution in [1.82, 2.24) is 4.72 Å². The number of halogens is 2. The third kappa shape index (κ3) is 5.43. The fourth-order valence-electron chi connectivity index (χ4n) is 1.81. The molecule has 0 aliphatic carbocycles. The van der Waals surface area contributed by atoms with Gasteiger partial charge in [-0.2, -0.15) is 0 Å². The average Bonchev–Trinajstić information content (AvgIpc) is 2.29. The number of rotatable bonds is 5. The van der Waals surface area contributed by atoms with Gasteiger partial charge in [0.15, 0.2) is 0 Å². The summed E-state index contributed by atoms with van der Waals surface area (Å²) in [5.74, 6) is -0.785. The number of hydrogen-bond donors (Lipinski definition) is 3. The summed E-state index contributed by atoms with van der Waals surface area (Å²) in [5, 5.41) is 9.55. The number of hydrogen-bond acceptors (Lipinski definition) is 4. The van der Waals surface area contributed by atoms with Gasteiger partial charge in [0.2, 0.25) is 10.0 Å². The summed E-state index contributed by atoms with van der Waals surface area (Å²) in [7, 11) is -3.97. The van der Waals surface area contributed by atoms with Crippen molar-refractivity contribution in [3.63, 3.8) is 0 Å². The Morgan fingerprint density at radius 3 is 2.52 bits per heavy atom. The predicted molar refractivity (Wildman–Crippen MR) is 81.1 cm³/mol. The summed E-state index contributed by atoms with van der Waals surface area (Å²) in [6.45, 7) is 5.64. The number of benzene rings is 1. The second-order valence-electron chi connectivity index (χ2n) is 6.07. The smallest absolute Gasteiger partial charge is 0.242 e. The van der Waals surface area contributed by atoms with Crippen LogP contribution in [0.15, 0.2) is 17.0 Å². The quantitative estimate of drug-likeness (QED) is 0.717. The Bertz CT molecular complexity index is 615. The van der Waals surface area contributed by atoms with Gasteiger partial charge in [-0.15, -0.1) is 0 Å². The van der Waals surface area contributed by atoms with Crippen LogP contribution in [0.1, 0.15) is 27.2 Å². The van der Waals surface area contributed by atoms with E-state index in [9.17, 15) is 17.9 Å². The van der Waals surface area contributed by atoms with Crippen LogP contribution in [0.3, 0.4) is 0 Å². The summed E-state index contributed by atoms with van der Waals surface area (Å²) >= 11 is 5.73. The molecule has 0 aromatic heterocycles. The molecule has 0 radical (unpaired) electrons. The van der Waals surface area contributed by atoms with Crippen LogP contribution >= 0.6 is 11.6 Å². The van der Waals surface area contributed by atoms with E-state index in [0.29, 0.717) is 6.42 Å². The van der Waals surface area contributed by atoms with Gasteiger partial charge in [-0.25, -0.2) is 17.5 Å². The maximum atomic E-state index is 13.2. The standard InChI is InChI=1S/C13H20ClFN2O3S/c1-13(2,3)6-8(18)7-17-21(19,20)12-5-11(16)10(15)4-9(12)14/h4-5,8,17-18H,6-7,16H2,1-3H3. The molecule has 120 valence electrons. The number of nitrogens with two attached hydrogens (primary N) is 1. The average molecular weight is 339 g/mol. The minimum atomic E-state index is -3.97. The summed E-state index contributed by atoms with van der Waals surface area (Å²) in [6, 6.07) is 1.80. The predicted octanol–water partition coefficient (Wildman–Crippen LogP) is 2.14. The zero-order valence-corrected chi connectivity index (χ0v) is 13.7. The second-order valence-corrected chi connectivity index (χ2v) is 8.22. The zero-order chi connectivity index (χ0) is 16.4. The fourth-order valence-corrected chi connectivity index (χ4v) is 3.43. The molecule has 0 fully saturated rings. The molecule has 8 heteroatoms. The van der Waals surface area contributed by atoms with E-state index in [1.165, 1.54) is 0 Å². The van der Waals surface area contributed by atoms with E-state index in [-0.39, 0.29) is 27.6 Å². The highest BCUT2D eigenvalue weighted by molar-refractivity contribution is 7.89. The summed E-state index contributed by atoms with van der Waals surface area (Å²) in [6.07, 6.45) is -0.411. The van der Waals surface area contributed by atoms with Crippen LogP contribution in [-0.4, -0.2) is 26.2 Å². The Morgan fingerprint density at radius 1 is 1.43 bits per heavy atom. The molecule has 21 heavy (non-hydrogen) atoms. The van der Waals surface area contributed by atoms with Gasteiger partial charge >= 0.3 is 0 Å². The number of sulfonamides is 1. The van der Waals surface area contributed by atoms with E-state index < -0.39 is 21.9 Å². The Morgan fingerprint density at radius 2 is 2.00 bits per heavy atom. The topological polar surface area (TPSA) is 92.4 Å². The van der Waals surface area contributed by atoms with Gasteiger partial charge in [0.25, 0.3) is 0 Å². The van der Waals surface area contributed by atoms with E-state index in [1.54, 1.807) is 0 Å². The van der Waals surface area contributed by atoms with Crippen LogP contribution in [-0.2, 0) is 10.0 Å². The molecule has 0 bridgehead atoms. The lowest BCUT2D eigenvalue weighted by Gasteiger charge is -2.22. The highest BCUT2D eigenvalue weighted by atomic mass is 35.5. The van der Waals surface area contributed by atoms with Crippen LogP contribution < -0.4 is 10.5 Å². The van der Waals surface area contributed by atoms with Gasteiger partial charge in [-0.3, -0.25) is 0 Å². The molecular weight excluding hydrogens is 319 g/mol. The molecule has 1 aromatic rings. The minimum Gasteiger partial charge on any atom is -0.396 e. The third-order valence-corrected chi connectivity index (χ3v) is 4.59. The number of nitrogen functional groups attached to an aromatic ring is 1. The maximum absolute atomic E-state index is 13.2. The molecule has 1 atom stereocenters. The summed E-state index contributed by atoms with van der Waals surface area (Å²) in [5.41, 5.74) is 4.90. The molecule has 0 spiro atoms. The lowest BCUT2D eigenvalue weighted by atomic mass is 9.89. The van der Waals surface area contributed by atoms with Crippen molar-refractivity contribution in [3.8, 4) is 0 Å². The number of aliphatic hydroxyl groups excluding tert-OH is 1. The van der Waals surface area contributed by atoms with Crippen LogP contribution in [0, 0.1) is 11.2 Å². The van der Waals surface area contributed by atoms with Gasteiger partial charge < -0.3 is 10.8 Å². The van der Waals surface area contributed by atoms with Gasteiger partial charge in [0, 0.05) is 6.54 Å². The van der Waals surface area contributed by atoms with E-state index >= 15 is 0 Å². The summed E-state index contributed by atoms with van der Waals surface area (Å²) in [4.78, 5) is -0.314. The normalized spacial score (nSPS) is 14.2. The zero-order valence-electron chi connectivity index (χ0n) is 12.2. The van der Waals surface area contributed by atoms with Gasteiger partial charge in [-0.1, -0.05) is 32.4 Å². The van der Waals surface area contributed by atoms with Crippen molar-refractivity contribution in [2.75, 3.05) is 12.3 Å². The Balaban J connectivity index is 2.86. The maximum Gasteiger partial charge on any atom is 0.242 e. The van der Waals surface area contributed by atoms with Crippen molar-refractivity contribution < 1.29 is 17.9 Å². The lowest BCUT2D eigenvalue weighted by molar-refractivity contribution is 0.125. The first kappa shape index (κ1) is 18.2. The molecule has 0 aliphatic rings. The van der Waals surface area contributed by atoms with Crippen LogP contribution in [0.2, 0.25) is 5.02 Å². The Kier molecular flexibility index (Phi) is 5.60. The van der Waals surface area contributed by atoms with E-state index in [0.717, 1.165) is 12.1 Å². The van der Waals surface area contributed by atoms with Crippen molar-refractivity contribution in [3.05, 3.63) is 23.0 Å². The van der Waals surface area contributed by atoms with Gasteiger partial charge in [-0.05, 0) is 24.0 Å². The first-order chi connectivity index (χ1) is 9.42. The van der Waals surface area contributed by atoms with Crippen molar-refractivity contribution in [2.45, 2.75) is 38.2 Å². The minimum absolute atomic E-state index is 0.136. The number of anilines is 1. The fraction of sp³-hybridized carbons (Fsp3) is 0.538. The molecule has 5 nitrogen and oxygen atoms in total. The number of nitrogens with one attached hydrogen (secondary N) is 1. The second kappa shape index (κ2) is 6.48. The molecule has 0 heterocycles. The lowest BCUT2D eigenvalue weighted by Crippen LogP contribution is -2.34. The molecule has 4 N–H and O–H groups in total. The molecule has 1 unspecified atom stereocenters. The van der Waals surface area contributed by atoms with Crippen LogP contribution in [0.4, 0.5) is 10.1 Å². The van der Waals surface area contributed by atoms with Crippen LogP contribution in [0.25, 0.3) is 0 Å². The number of aliphatic hydroxyl groups is 1. The molecule has 0 saturated carbocycles. The summed E-state index contributed by atoms with van der Waals surface area (Å²) < 4.78 is 39.6. The van der Waals surface area contributed by atoms with Crippen molar-refractivity contribution in [1.29, 1.82) is 0 Å². The first-order valence-corrected chi connectivity index (χ1v) is 8.21. The molecule has 1 rings (SSSR count). The third-order valence-electron chi connectivity index (χ3n) is 2.70. The monoisotopic (exact) mass is 338 g/mol. The molecule has 0 aliphatic heterocycles. The highest BCUT2D eigenvalue weighted by Crippen LogP contribution is 2.26. The van der Waals surface area contributed by atoms with Gasteiger partial charge in [0.05, 0.1) is 16.8 Å². The van der Waals surface area contributed by atoms with Crippen LogP contribution in [0.5, 0.6) is 0 Å². The van der Waals surface area contributed by atoms with Crippen molar-refractivity contribution >= 4 is 27.3 Å². The highest BCUT2D eigenvalue weighted by Gasteiger charge is 2.23. The van der Waals surface area contributed by atoms with E-state index in [1.807, 2.05) is 20.8 Å². The molecule has 1 aromatic carbocycles. The largest absolute Gasteiger partial charge is 0.396 e. The molecule has 0 amide bonds. The van der Waals surface area contributed by atoms with E-state index in [4.69, 9.17) is 17.3 Å². The van der Waals surface area contributed by atoms with Gasteiger partial charge in [0.1, 0.15) is 10.7 Å². The molecule has 0 saturated heterocycles. The first-order valence-electron chi connectivity index (χ1n) is 6.34. The SMILES string of the molecule is CC(C)(C)CC(O)CNS(=O)(=O)c1cc(N)c(F)cc1Cl. The van der Waals surface area contributed by atoms with E-state index in [2.05, 4.69) is 4.72 Å². The molecular formula is C13H20ClFN2O3S. The Hall–Kier alpha value is -0.890. The van der Waals surface area contributed by atoms with Crippen molar-refractivity contribution in [2.24, 2.45) is 5.41 Å².